The fourth-order valence-electron chi connectivity index (χ4n) is 3.86. The average molecular weight is 352 g/mol. The van der Waals surface area contributed by atoms with E-state index in [0.717, 1.165) is 11.3 Å². The molecule has 2 atom stereocenters. The van der Waals surface area contributed by atoms with Crippen LogP contribution in [0.3, 0.4) is 0 Å². The van der Waals surface area contributed by atoms with E-state index < -0.39 is 0 Å². The number of hydrogen-bond acceptors (Lipinski definition) is 1. The SMILES string of the molecule is COc1ccc([C@@]2(C)C(=C=C(c3ccccc3)c3ccccc3)[C@@H]2C)cc1. The monoisotopic (exact) mass is 352 g/mol. The number of hydrogen-bond donors (Lipinski definition) is 0. The van der Waals surface area contributed by atoms with Crippen LogP contribution in [0.15, 0.2) is 96.2 Å². The van der Waals surface area contributed by atoms with Crippen molar-refractivity contribution >= 4 is 5.57 Å². The molecule has 1 fully saturated rings. The summed E-state index contributed by atoms with van der Waals surface area (Å²) < 4.78 is 5.31. The Bertz CT molecular complexity index is 952. The summed E-state index contributed by atoms with van der Waals surface area (Å²) in [5.74, 6) is 1.36. The Morgan fingerprint density at radius 2 is 1.33 bits per heavy atom. The summed E-state index contributed by atoms with van der Waals surface area (Å²) in [7, 11) is 1.70. The van der Waals surface area contributed by atoms with Crippen molar-refractivity contribution in [3.8, 4) is 5.75 Å². The van der Waals surface area contributed by atoms with E-state index in [-0.39, 0.29) is 5.41 Å². The van der Waals surface area contributed by atoms with Crippen LogP contribution >= 0.6 is 0 Å². The van der Waals surface area contributed by atoms with Crippen LogP contribution in [0.25, 0.3) is 5.57 Å². The molecule has 1 heteroatoms. The van der Waals surface area contributed by atoms with Gasteiger partial charge in [-0.1, -0.05) is 86.6 Å². The molecule has 1 aliphatic carbocycles. The molecule has 0 aromatic heterocycles. The standard InChI is InChI=1S/C26H24O/c1-19-25(26(19,2)22-14-16-23(27-3)17-15-22)18-24(20-10-6-4-7-11-20)21-12-8-5-9-13-21/h4-17,19H,1-3H3/t19-,26-/m0/s1. The summed E-state index contributed by atoms with van der Waals surface area (Å²) in [5.41, 5.74) is 10.1. The van der Waals surface area contributed by atoms with Gasteiger partial charge in [-0.3, -0.25) is 0 Å². The molecule has 0 unspecified atom stereocenters. The zero-order valence-electron chi connectivity index (χ0n) is 16.1. The Kier molecular flexibility index (Phi) is 4.48. The molecule has 0 saturated heterocycles. The first-order valence-electron chi connectivity index (χ1n) is 9.41. The molecule has 0 spiro atoms. The van der Waals surface area contributed by atoms with Crippen LogP contribution in [0.5, 0.6) is 5.75 Å². The van der Waals surface area contributed by atoms with Crippen molar-refractivity contribution in [1.82, 2.24) is 0 Å². The van der Waals surface area contributed by atoms with E-state index in [1.165, 1.54) is 22.3 Å². The van der Waals surface area contributed by atoms with E-state index in [4.69, 9.17) is 4.74 Å². The molecule has 3 aromatic rings. The molecule has 0 radical (unpaired) electrons. The molecular weight excluding hydrogens is 328 g/mol. The van der Waals surface area contributed by atoms with E-state index in [1.54, 1.807) is 7.11 Å². The number of rotatable bonds is 4. The summed E-state index contributed by atoms with van der Waals surface area (Å²) in [6.45, 7) is 4.61. The highest BCUT2D eigenvalue weighted by atomic mass is 16.5. The van der Waals surface area contributed by atoms with Crippen LogP contribution < -0.4 is 4.74 Å². The van der Waals surface area contributed by atoms with Crippen molar-refractivity contribution in [3.63, 3.8) is 0 Å². The summed E-state index contributed by atoms with van der Waals surface area (Å²) in [5, 5.41) is 0. The van der Waals surface area contributed by atoms with Crippen molar-refractivity contribution in [2.24, 2.45) is 5.92 Å². The molecule has 1 aliphatic rings. The van der Waals surface area contributed by atoms with Gasteiger partial charge in [0.05, 0.1) is 7.11 Å². The lowest BCUT2D eigenvalue weighted by Gasteiger charge is -2.10. The second-order valence-corrected chi connectivity index (χ2v) is 7.30. The summed E-state index contributed by atoms with van der Waals surface area (Å²) >= 11 is 0. The van der Waals surface area contributed by atoms with Gasteiger partial charge in [0.2, 0.25) is 0 Å². The molecule has 0 bridgehead atoms. The van der Waals surface area contributed by atoms with Crippen molar-refractivity contribution in [3.05, 3.63) is 113 Å². The first-order valence-corrected chi connectivity index (χ1v) is 9.41. The lowest BCUT2D eigenvalue weighted by molar-refractivity contribution is 0.414. The lowest BCUT2D eigenvalue weighted by atomic mass is 9.94. The van der Waals surface area contributed by atoms with Gasteiger partial charge in [0.15, 0.2) is 0 Å². The molecule has 1 nitrogen and oxygen atoms in total. The maximum Gasteiger partial charge on any atom is 0.118 e. The van der Waals surface area contributed by atoms with Crippen molar-refractivity contribution in [2.75, 3.05) is 7.11 Å². The third-order valence-electron chi connectivity index (χ3n) is 5.85. The number of benzene rings is 3. The number of ether oxygens (including phenoxy) is 1. The fourth-order valence-corrected chi connectivity index (χ4v) is 3.86. The van der Waals surface area contributed by atoms with Gasteiger partial charge in [-0.2, -0.15) is 0 Å². The minimum Gasteiger partial charge on any atom is -0.497 e. The van der Waals surface area contributed by atoms with Gasteiger partial charge in [-0.05, 0) is 40.3 Å². The topological polar surface area (TPSA) is 9.23 Å². The second-order valence-electron chi connectivity index (χ2n) is 7.30. The van der Waals surface area contributed by atoms with Crippen LogP contribution in [0.1, 0.15) is 30.5 Å². The minimum atomic E-state index is 0.0289. The molecule has 134 valence electrons. The van der Waals surface area contributed by atoms with Crippen molar-refractivity contribution in [1.29, 1.82) is 0 Å². The average Bonchev–Trinajstić information content (AvgIpc) is 3.27. The summed E-state index contributed by atoms with van der Waals surface area (Å²) in [6.07, 6.45) is 0. The lowest BCUT2D eigenvalue weighted by Crippen LogP contribution is -2.03. The maximum atomic E-state index is 5.31. The van der Waals surface area contributed by atoms with E-state index in [9.17, 15) is 0 Å². The largest absolute Gasteiger partial charge is 0.497 e. The number of allylic oxidation sites excluding steroid dienone is 1. The van der Waals surface area contributed by atoms with Gasteiger partial charge in [-0.25, -0.2) is 0 Å². The van der Waals surface area contributed by atoms with Crippen molar-refractivity contribution < 1.29 is 4.74 Å². The quantitative estimate of drug-likeness (QED) is 0.504. The van der Waals surface area contributed by atoms with Gasteiger partial charge in [-0.15, -0.1) is 5.73 Å². The van der Waals surface area contributed by atoms with Gasteiger partial charge >= 0.3 is 0 Å². The maximum absolute atomic E-state index is 5.31. The van der Waals surface area contributed by atoms with Gasteiger partial charge in [0, 0.05) is 11.0 Å². The molecule has 3 aromatic carbocycles. The molecule has 0 amide bonds. The fraction of sp³-hybridized carbons (Fsp3) is 0.192. The van der Waals surface area contributed by atoms with Gasteiger partial charge < -0.3 is 4.74 Å². The van der Waals surface area contributed by atoms with E-state index in [0.29, 0.717) is 5.92 Å². The van der Waals surface area contributed by atoms with E-state index in [2.05, 4.69) is 92.4 Å². The highest BCUT2D eigenvalue weighted by Crippen LogP contribution is 2.59. The highest BCUT2D eigenvalue weighted by Gasteiger charge is 2.54. The van der Waals surface area contributed by atoms with Gasteiger partial charge in [0.25, 0.3) is 0 Å². The van der Waals surface area contributed by atoms with Crippen LogP contribution in [0.2, 0.25) is 0 Å². The van der Waals surface area contributed by atoms with Crippen LogP contribution in [0.4, 0.5) is 0 Å². The normalized spacial score (nSPS) is 20.7. The Morgan fingerprint density at radius 1 is 0.815 bits per heavy atom. The van der Waals surface area contributed by atoms with E-state index >= 15 is 0 Å². The highest BCUT2D eigenvalue weighted by molar-refractivity contribution is 5.80. The minimum absolute atomic E-state index is 0.0289. The van der Waals surface area contributed by atoms with E-state index in [1.807, 2.05) is 12.1 Å². The first kappa shape index (κ1) is 17.4. The van der Waals surface area contributed by atoms with Crippen molar-refractivity contribution in [2.45, 2.75) is 19.3 Å². The molecule has 0 heterocycles. The molecule has 0 aliphatic heterocycles. The Balaban J connectivity index is 1.85. The Hall–Kier alpha value is -3.02. The molecule has 1 saturated carbocycles. The third kappa shape index (κ3) is 3.12. The molecule has 27 heavy (non-hydrogen) atoms. The molecule has 0 N–H and O–H groups in total. The zero-order valence-corrected chi connectivity index (χ0v) is 16.1. The molecular formula is C26H24O. The van der Waals surface area contributed by atoms with Gasteiger partial charge in [0.1, 0.15) is 5.75 Å². The van der Waals surface area contributed by atoms with Crippen LogP contribution in [0, 0.1) is 5.92 Å². The smallest absolute Gasteiger partial charge is 0.118 e. The summed E-state index contributed by atoms with van der Waals surface area (Å²) in [6, 6.07) is 29.5. The predicted molar refractivity (Wildman–Crippen MR) is 112 cm³/mol. The Labute approximate surface area is 161 Å². The third-order valence-corrected chi connectivity index (χ3v) is 5.85. The second kappa shape index (κ2) is 6.95. The first-order chi connectivity index (χ1) is 13.1. The van der Waals surface area contributed by atoms with Crippen LogP contribution in [-0.4, -0.2) is 7.11 Å². The molecule has 4 rings (SSSR count). The summed E-state index contributed by atoms with van der Waals surface area (Å²) in [4.78, 5) is 0. The number of methoxy groups -OCH3 is 1. The Morgan fingerprint density at radius 3 is 1.81 bits per heavy atom. The van der Waals surface area contributed by atoms with Crippen LogP contribution in [-0.2, 0) is 5.41 Å². The predicted octanol–water partition coefficient (Wildman–Crippen LogP) is 6.26. The zero-order chi connectivity index (χ0) is 18.9.